The van der Waals surface area contributed by atoms with Gasteiger partial charge in [-0.3, -0.25) is 4.98 Å². The van der Waals surface area contributed by atoms with Crippen molar-refractivity contribution in [1.29, 1.82) is 0 Å². The van der Waals surface area contributed by atoms with Crippen molar-refractivity contribution in [1.82, 2.24) is 15.2 Å². The van der Waals surface area contributed by atoms with Gasteiger partial charge < -0.3 is 10.4 Å². The summed E-state index contributed by atoms with van der Waals surface area (Å²) >= 11 is 7.31. The van der Waals surface area contributed by atoms with Crippen molar-refractivity contribution in [3.63, 3.8) is 0 Å². The molecule has 2 N–H and O–H groups in total. The number of hydrogen-bond acceptors (Lipinski definition) is 6. The van der Waals surface area contributed by atoms with Crippen LogP contribution in [-0.2, 0) is 0 Å². The maximum Gasteiger partial charge on any atom is 0.357 e. The lowest BCUT2D eigenvalue weighted by Gasteiger charge is -2.06. The number of nitrogens with one attached hydrogen (secondary N) is 1. The molecule has 0 aliphatic rings. The van der Waals surface area contributed by atoms with E-state index in [0.29, 0.717) is 20.9 Å². The Hall–Kier alpha value is -3.03. The quantitative estimate of drug-likeness (QED) is 0.524. The predicted molar refractivity (Wildman–Crippen MR) is 102 cm³/mol. The van der Waals surface area contributed by atoms with Crippen molar-refractivity contribution in [3.8, 4) is 10.4 Å². The van der Waals surface area contributed by atoms with E-state index in [1.807, 2.05) is 18.2 Å². The number of fused-ring (bicyclic) bond motifs is 1. The third-order valence-electron chi connectivity index (χ3n) is 3.73. The van der Waals surface area contributed by atoms with E-state index in [1.54, 1.807) is 36.7 Å². The van der Waals surface area contributed by atoms with Gasteiger partial charge in [0.25, 0.3) is 0 Å². The number of hydrogen-bond donors (Lipinski definition) is 2. The average Bonchev–Trinajstić information content (AvgIpc) is 3.09. The maximum atomic E-state index is 11.5. The van der Waals surface area contributed by atoms with E-state index in [4.69, 9.17) is 11.6 Å². The van der Waals surface area contributed by atoms with Gasteiger partial charge in [-0.15, -0.1) is 21.5 Å². The number of carboxylic acids is 1. The van der Waals surface area contributed by atoms with Crippen LogP contribution in [0.3, 0.4) is 0 Å². The molecule has 0 bridgehead atoms. The third-order valence-corrected chi connectivity index (χ3v) is 5.17. The van der Waals surface area contributed by atoms with E-state index in [-0.39, 0.29) is 5.69 Å². The van der Waals surface area contributed by atoms with Crippen LogP contribution in [0.1, 0.15) is 10.5 Å². The van der Waals surface area contributed by atoms with Crippen LogP contribution in [0.5, 0.6) is 0 Å². The molecule has 8 heteroatoms. The summed E-state index contributed by atoms with van der Waals surface area (Å²) in [5.41, 5.74) is 1.67. The number of nitrogens with zero attached hydrogens (tertiary/aromatic N) is 3. The van der Waals surface area contributed by atoms with E-state index < -0.39 is 5.97 Å². The van der Waals surface area contributed by atoms with Crippen molar-refractivity contribution < 1.29 is 9.90 Å². The summed E-state index contributed by atoms with van der Waals surface area (Å²) in [7, 11) is 0. The number of halogens is 1. The fraction of sp³-hybridized carbons (Fsp3) is 0. The van der Waals surface area contributed by atoms with Gasteiger partial charge in [-0.25, -0.2) is 4.79 Å². The van der Waals surface area contributed by atoms with Crippen molar-refractivity contribution in [3.05, 3.63) is 65.6 Å². The van der Waals surface area contributed by atoms with Crippen molar-refractivity contribution in [2.45, 2.75) is 0 Å². The van der Waals surface area contributed by atoms with Crippen LogP contribution in [0.2, 0.25) is 5.02 Å². The minimum absolute atomic E-state index is 0.0644. The highest BCUT2D eigenvalue weighted by atomic mass is 35.5. The predicted octanol–water partition coefficient (Wildman–Crippen LogP) is 4.85. The minimum atomic E-state index is -1.11. The number of aromatic carboxylic acids is 1. The first-order valence-corrected chi connectivity index (χ1v) is 8.78. The molecule has 0 saturated carbocycles. The van der Waals surface area contributed by atoms with Crippen LogP contribution in [0.15, 0.2) is 54.9 Å². The zero-order chi connectivity index (χ0) is 18.1. The molecular weight excluding hydrogens is 372 g/mol. The van der Waals surface area contributed by atoms with E-state index >= 15 is 0 Å². The zero-order valence-corrected chi connectivity index (χ0v) is 14.8. The number of rotatable bonds is 4. The Labute approximate surface area is 157 Å². The van der Waals surface area contributed by atoms with E-state index in [0.717, 1.165) is 16.1 Å². The topological polar surface area (TPSA) is 88.0 Å². The first kappa shape index (κ1) is 16.4. The van der Waals surface area contributed by atoms with E-state index in [9.17, 15) is 9.90 Å². The Balaban J connectivity index is 1.87. The molecule has 1 aromatic carbocycles. The van der Waals surface area contributed by atoms with Gasteiger partial charge in [-0.1, -0.05) is 23.7 Å². The summed E-state index contributed by atoms with van der Waals surface area (Å²) < 4.78 is 0.564. The highest BCUT2D eigenvalue weighted by Gasteiger charge is 2.19. The summed E-state index contributed by atoms with van der Waals surface area (Å²) in [6, 6.07) is 12.9. The average molecular weight is 383 g/mol. The second-order valence-electron chi connectivity index (χ2n) is 5.42. The Morgan fingerprint density at radius 1 is 1.08 bits per heavy atom. The van der Waals surface area contributed by atoms with Crippen molar-refractivity contribution >= 4 is 50.5 Å². The number of carbonyl (C=O) groups is 1. The van der Waals surface area contributed by atoms with Gasteiger partial charge >= 0.3 is 5.97 Å². The minimum Gasteiger partial charge on any atom is -0.476 e. The Morgan fingerprint density at radius 3 is 2.50 bits per heavy atom. The molecule has 0 fully saturated rings. The lowest BCUT2D eigenvalue weighted by atomic mass is 10.1. The van der Waals surface area contributed by atoms with Crippen LogP contribution >= 0.6 is 22.9 Å². The largest absolute Gasteiger partial charge is 0.476 e. The molecule has 0 aliphatic carbocycles. The number of carboxylic acid groups (broad SMARTS) is 1. The molecule has 3 aromatic heterocycles. The van der Waals surface area contributed by atoms with Gasteiger partial charge in [0.2, 0.25) is 0 Å². The van der Waals surface area contributed by atoms with E-state index in [1.165, 1.54) is 11.3 Å². The molecule has 0 aliphatic heterocycles. The molecule has 6 nitrogen and oxygen atoms in total. The van der Waals surface area contributed by atoms with Crippen LogP contribution < -0.4 is 5.32 Å². The lowest BCUT2D eigenvalue weighted by molar-refractivity contribution is 0.0692. The molecule has 4 aromatic rings. The Bertz CT molecular complexity index is 1100. The molecule has 3 heterocycles. The van der Waals surface area contributed by atoms with Crippen LogP contribution in [-0.4, -0.2) is 26.3 Å². The van der Waals surface area contributed by atoms with Gasteiger partial charge in [0, 0.05) is 33.4 Å². The maximum absolute atomic E-state index is 11.5. The van der Waals surface area contributed by atoms with E-state index in [2.05, 4.69) is 20.5 Å². The molecule has 0 atom stereocenters. The van der Waals surface area contributed by atoms with Crippen LogP contribution in [0.25, 0.3) is 20.5 Å². The van der Waals surface area contributed by atoms with Crippen molar-refractivity contribution in [2.24, 2.45) is 0 Å². The van der Waals surface area contributed by atoms with Gasteiger partial charge in [-0.05, 0) is 35.9 Å². The standard InChI is InChI=1S/C18H11ClN4O2S/c19-11-3-1-10(2-4-11)14-9-13-16(26-14)15(18(24)25)22-23-17(13)21-12-5-7-20-8-6-12/h1-9H,(H,24,25)(H,20,21,23). The fourth-order valence-electron chi connectivity index (χ4n) is 2.50. The van der Waals surface area contributed by atoms with Gasteiger partial charge in [0.1, 0.15) is 0 Å². The number of pyridine rings is 1. The van der Waals surface area contributed by atoms with Gasteiger partial charge in [-0.2, -0.15) is 0 Å². The first-order valence-electron chi connectivity index (χ1n) is 7.58. The molecule has 0 spiro atoms. The molecule has 0 amide bonds. The Morgan fingerprint density at radius 2 is 1.81 bits per heavy atom. The smallest absolute Gasteiger partial charge is 0.357 e. The van der Waals surface area contributed by atoms with Crippen LogP contribution in [0, 0.1) is 0 Å². The van der Waals surface area contributed by atoms with Gasteiger partial charge in [0.05, 0.1) is 4.70 Å². The SMILES string of the molecule is O=C(O)c1nnc(Nc2ccncc2)c2cc(-c3ccc(Cl)cc3)sc12. The normalized spacial score (nSPS) is 10.8. The monoisotopic (exact) mass is 382 g/mol. The molecule has 0 saturated heterocycles. The highest BCUT2D eigenvalue weighted by Crippen LogP contribution is 2.38. The second-order valence-corrected chi connectivity index (χ2v) is 6.91. The number of anilines is 2. The molecular formula is C18H11ClN4O2S. The summed E-state index contributed by atoms with van der Waals surface area (Å²) in [5.74, 6) is -0.616. The Kier molecular flexibility index (Phi) is 4.24. The first-order chi connectivity index (χ1) is 12.6. The summed E-state index contributed by atoms with van der Waals surface area (Å²) in [6.07, 6.45) is 3.32. The fourth-order valence-corrected chi connectivity index (χ4v) is 3.77. The summed E-state index contributed by atoms with van der Waals surface area (Å²) in [4.78, 5) is 16.4. The number of thiophene rings is 1. The third kappa shape index (κ3) is 3.10. The lowest BCUT2D eigenvalue weighted by Crippen LogP contribution is -2.04. The number of aromatic nitrogens is 3. The molecule has 26 heavy (non-hydrogen) atoms. The van der Waals surface area contributed by atoms with Crippen molar-refractivity contribution in [2.75, 3.05) is 5.32 Å². The second kappa shape index (κ2) is 6.70. The zero-order valence-electron chi connectivity index (χ0n) is 13.2. The summed E-state index contributed by atoms with van der Waals surface area (Å²) in [5, 5.41) is 21.9. The molecule has 0 radical (unpaired) electrons. The molecule has 128 valence electrons. The summed E-state index contributed by atoms with van der Waals surface area (Å²) in [6.45, 7) is 0. The highest BCUT2D eigenvalue weighted by molar-refractivity contribution is 7.22. The van der Waals surface area contributed by atoms with Gasteiger partial charge in [0.15, 0.2) is 11.5 Å². The molecule has 0 unspecified atom stereocenters. The molecule has 4 rings (SSSR count). The number of benzene rings is 1. The van der Waals surface area contributed by atoms with Crippen LogP contribution in [0.4, 0.5) is 11.5 Å².